The first-order chi connectivity index (χ1) is 8.98. The molecular formula is C14H23N3O2. The number of rotatable bonds is 4. The van der Waals surface area contributed by atoms with Crippen LogP contribution in [0.3, 0.4) is 0 Å². The lowest BCUT2D eigenvalue weighted by Gasteiger charge is -2.33. The van der Waals surface area contributed by atoms with E-state index in [1.54, 1.807) is 0 Å². The molecule has 0 aromatic carbocycles. The van der Waals surface area contributed by atoms with Crippen molar-refractivity contribution in [2.45, 2.75) is 38.1 Å². The third-order valence-electron chi connectivity index (χ3n) is 4.18. The largest absolute Gasteiger partial charge is 0.325 e. The molecule has 0 atom stereocenters. The number of amides is 3. The summed E-state index contributed by atoms with van der Waals surface area (Å²) in [6, 6.07) is -0.267. The van der Waals surface area contributed by atoms with E-state index in [0.717, 1.165) is 31.3 Å². The van der Waals surface area contributed by atoms with Crippen molar-refractivity contribution in [1.82, 2.24) is 15.5 Å². The molecule has 2 aliphatic rings. The van der Waals surface area contributed by atoms with E-state index < -0.39 is 5.54 Å². The maximum Gasteiger partial charge on any atom is 0.325 e. The van der Waals surface area contributed by atoms with Crippen LogP contribution in [0, 0.1) is 5.92 Å². The normalized spacial score (nSPS) is 30.8. The minimum atomic E-state index is -0.635. The van der Waals surface area contributed by atoms with E-state index >= 15 is 0 Å². The number of nitrogens with one attached hydrogen (secondary N) is 2. The van der Waals surface area contributed by atoms with Gasteiger partial charge in [0.1, 0.15) is 5.54 Å². The second-order valence-electron chi connectivity index (χ2n) is 5.87. The predicted molar refractivity (Wildman–Crippen MR) is 73.7 cm³/mol. The number of nitrogens with zero attached hydrogens (tertiary/aromatic N) is 1. The first kappa shape index (κ1) is 14.1. The average molecular weight is 265 g/mol. The summed E-state index contributed by atoms with van der Waals surface area (Å²) in [6.45, 7) is 7.00. The van der Waals surface area contributed by atoms with Gasteiger partial charge in [0, 0.05) is 6.54 Å². The van der Waals surface area contributed by atoms with Crippen LogP contribution >= 0.6 is 0 Å². The van der Waals surface area contributed by atoms with Crippen molar-refractivity contribution >= 4 is 11.9 Å². The van der Waals surface area contributed by atoms with Crippen LogP contribution in [0.2, 0.25) is 0 Å². The fraction of sp³-hybridized carbons (Fsp3) is 0.714. The van der Waals surface area contributed by atoms with Crippen molar-refractivity contribution < 1.29 is 9.59 Å². The molecule has 0 bridgehead atoms. The van der Waals surface area contributed by atoms with Gasteiger partial charge in [-0.25, -0.2) is 4.79 Å². The molecule has 1 heterocycles. The summed E-state index contributed by atoms with van der Waals surface area (Å²) in [6.07, 6.45) is 3.51. The highest BCUT2D eigenvalue weighted by molar-refractivity contribution is 6.07. The molecule has 2 N–H and O–H groups in total. The van der Waals surface area contributed by atoms with Crippen molar-refractivity contribution in [2.24, 2.45) is 5.92 Å². The van der Waals surface area contributed by atoms with Crippen LogP contribution < -0.4 is 10.6 Å². The van der Waals surface area contributed by atoms with Crippen LogP contribution in [0.1, 0.15) is 32.6 Å². The summed E-state index contributed by atoms with van der Waals surface area (Å²) in [5, 5.41) is 5.89. The predicted octanol–water partition coefficient (Wildman–Crippen LogP) is 1.26. The number of carbonyl (C=O) groups is 2. The smallest absolute Gasteiger partial charge is 0.323 e. The van der Waals surface area contributed by atoms with E-state index in [1.807, 2.05) is 7.05 Å². The summed E-state index contributed by atoms with van der Waals surface area (Å²) in [4.78, 5) is 25.8. The molecule has 0 aromatic heterocycles. The van der Waals surface area contributed by atoms with Gasteiger partial charge >= 0.3 is 6.03 Å². The fourth-order valence-corrected chi connectivity index (χ4v) is 2.94. The molecule has 1 saturated carbocycles. The second-order valence-corrected chi connectivity index (χ2v) is 5.87. The van der Waals surface area contributed by atoms with Crippen molar-refractivity contribution in [1.29, 1.82) is 0 Å². The molecule has 3 amide bonds. The van der Waals surface area contributed by atoms with Gasteiger partial charge in [0.05, 0.1) is 6.54 Å². The van der Waals surface area contributed by atoms with Gasteiger partial charge in [0.2, 0.25) is 0 Å². The van der Waals surface area contributed by atoms with Gasteiger partial charge in [0.15, 0.2) is 0 Å². The molecule has 2 rings (SSSR count). The Kier molecular flexibility index (Phi) is 3.94. The zero-order chi connectivity index (χ0) is 14.0. The minimum absolute atomic E-state index is 0.0679. The number of hydrogen-bond donors (Lipinski definition) is 2. The third kappa shape index (κ3) is 2.66. The average Bonchev–Trinajstić information content (AvgIpc) is 2.59. The van der Waals surface area contributed by atoms with Gasteiger partial charge in [-0.05, 0) is 44.2 Å². The van der Waals surface area contributed by atoms with Crippen molar-refractivity contribution in [3.8, 4) is 0 Å². The van der Waals surface area contributed by atoms with Gasteiger partial charge in [0.25, 0.3) is 5.91 Å². The summed E-state index contributed by atoms with van der Waals surface area (Å²) >= 11 is 0. The molecule has 2 fully saturated rings. The Balaban J connectivity index is 2.06. The number of likely N-dealkylation sites (N-methyl/N-ethyl adjacent to an activating group) is 1. The highest BCUT2D eigenvalue weighted by Gasteiger charge is 2.51. The molecule has 1 aliphatic carbocycles. The van der Waals surface area contributed by atoms with E-state index in [0.29, 0.717) is 19.0 Å². The maximum absolute atomic E-state index is 12.5. The Morgan fingerprint density at radius 2 is 2.11 bits per heavy atom. The monoisotopic (exact) mass is 265 g/mol. The Bertz CT molecular complexity index is 397. The van der Waals surface area contributed by atoms with Crippen LogP contribution in [0.15, 0.2) is 12.2 Å². The molecule has 1 aliphatic heterocycles. The SMILES string of the molecule is C=C(CNC)CN1C(=O)NC2(CCC(C)CC2)C1=O. The lowest BCUT2D eigenvalue weighted by Crippen LogP contribution is -2.49. The van der Waals surface area contributed by atoms with Crippen LogP contribution in [0.5, 0.6) is 0 Å². The highest BCUT2D eigenvalue weighted by Crippen LogP contribution is 2.36. The molecule has 1 spiro atoms. The van der Waals surface area contributed by atoms with Gasteiger partial charge in [-0.15, -0.1) is 0 Å². The van der Waals surface area contributed by atoms with Crippen LogP contribution in [-0.4, -0.2) is 42.5 Å². The van der Waals surface area contributed by atoms with Crippen LogP contribution in [-0.2, 0) is 4.79 Å². The topological polar surface area (TPSA) is 61.4 Å². The van der Waals surface area contributed by atoms with E-state index in [4.69, 9.17) is 0 Å². The van der Waals surface area contributed by atoms with Crippen molar-refractivity contribution in [3.05, 3.63) is 12.2 Å². The van der Waals surface area contributed by atoms with Gasteiger partial charge < -0.3 is 10.6 Å². The van der Waals surface area contributed by atoms with E-state index in [2.05, 4.69) is 24.1 Å². The van der Waals surface area contributed by atoms with Crippen LogP contribution in [0.4, 0.5) is 4.79 Å². The van der Waals surface area contributed by atoms with Crippen molar-refractivity contribution in [2.75, 3.05) is 20.1 Å². The van der Waals surface area contributed by atoms with E-state index in [1.165, 1.54) is 4.90 Å². The van der Waals surface area contributed by atoms with E-state index in [-0.39, 0.29) is 11.9 Å². The number of urea groups is 1. The summed E-state index contributed by atoms with van der Waals surface area (Å²) in [5.41, 5.74) is 0.205. The highest BCUT2D eigenvalue weighted by atomic mass is 16.2. The molecule has 0 unspecified atom stereocenters. The standard InChI is InChI=1S/C14H23N3O2/c1-10-4-6-14(7-5-10)12(18)17(13(19)16-14)9-11(2)8-15-3/h10,15H,2,4-9H2,1,3H3,(H,16,19). The minimum Gasteiger partial charge on any atom is -0.323 e. The quantitative estimate of drug-likeness (QED) is 0.594. The van der Waals surface area contributed by atoms with Gasteiger partial charge in [-0.3, -0.25) is 9.69 Å². The summed E-state index contributed by atoms with van der Waals surface area (Å²) < 4.78 is 0. The van der Waals surface area contributed by atoms with Crippen LogP contribution in [0.25, 0.3) is 0 Å². The molecule has 106 valence electrons. The molecular weight excluding hydrogens is 242 g/mol. The Morgan fingerprint density at radius 3 is 2.68 bits per heavy atom. The first-order valence-electron chi connectivity index (χ1n) is 6.94. The third-order valence-corrected chi connectivity index (χ3v) is 4.18. The van der Waals surface area contributed by atoms with Gasteiger partial charge in [-0.2, -0.15) is 0 Å². The number of hydrogen-bond acceptors (Lipinski definition) is 3. The zero-order valence-corrected chi connectivity index (χ0v) is 11.8. The molecule has 5 heteroatoms. The van der Waals surface area contributed by atoms with Crippen molar-refractivity contribution in [3.63, 3.8) is 0 Å². The molecule has 0 aromatic rings. The number of imide groups is 1. The molecule has 1 saturated heterocycles. The second kappa shape index (κ2) is 5.33. The summed E-state index contributed by atoms with van der Waals surface area (Å²) in [7, 11) is 1.82. The van der Waals surface area contributed by atoms with Gasteiger partial charge in [-0.1, -0.05) is 13.5 Å². The lowest BCUT2D eigenvalue weighted by atomic mass is 9.77. The Hall–Kier alpha value is -1.36. The molecule has 5 nitrogen and oxygen atoms in total. The first-order valence-corrected chi connectivity index (χ1v) is 6.94. The zero-order valence-electron chi connectivity index (χ0n) is 11.8. The fourth-order valence-electron chi connectivity index (χ4n) is 2.94. The summed E-state index contributed by atoms with van der Waals surface area (Å²) in [5.74, 6) is 0.574. The molecule has 19 heavy (non-hydrogen) atoms. The molecule has 0 radical (unpaired) electrons. The Labute approximate surface area is 114 Å². The maximum atomic E-state index is 12.5. The number of carbonyl (C=O) groups excluding carboxylic acids is 2. The van der Waals surface area contributed by atoms with E-state index in [9.17, 15) is 9.59 Å². The Morgan fingerprint density at radius 1 is 1.47 bits per heavy atom. The lowest BCUT2D eigenvalue weighted by molar-refractivity contribution is -0.132.